The minimum absolute atomic E-state index is 0.00876. The van der Waals surface area contributed by atoms with Gasteiger partial charge in [0.1, 0.15) is 11.6 Å². The van der Waals surface area contributed by atoms with Crippen LogP contribution < -0.4 is 5.32 Å². The fourth-order valence-corrected chi connectivity index (χ4v) is 3.52. The topological polar surface area (TPSA) is 50.2 Å². The van der Waals surface area contributed by atoms with Crippen LogP contribution in [0.1, 0.15) is 50.6 Å². The van der Waals surface area contributed by atoms with Crippen LogP contribution in [0.5, 0.6) is 0 Å². The van der Waals surface area contributed by atoms with E-state index in [0.29, 0.717) is 5.82 Å². The molecule has 26 heavy (non-hydrogen) atoms. The minimum atomic E-state index is -0.230. The molecule has 3 rings (SSSR count). The highest BCUT2D eigenvalue weighted by atomic mass is 19.1. The number of benzene rings is 1. The van der Waals surface area contributed by atoms with Gasteiger partial charge in [-0.3, -0.25) is 9.69 Å². The number of aromatic nitrogens is 2. The van der Waals surface area contributed by atoms with Crippen molar-refractivity contribution in [3.8, 4) is 0 Å². The van der Waals surface area contributed by atoms with Gasteiger partial charge in [-0.1, -0.05) is 6.07 Å². The summed E-state index contributed by atoms with van der Waals surface area (Å²) in [7, 11) is 0. The summed E-state index contributed by atoms with van der Waals surface area (Å²) in [5.41, 5.74) is 2.79. The number of halogens is 1. The summed E-state index contributed by atoms with van der Waals surface area (Å²) in [6.07, 6.45) is 0.826. The Hall–Kier alpha value is -2.21. The first-order chi connectivity index (χ1) is 12.1. The van der Waals surface area contributed by atoms with Crippen molar-refractivity contribution in [2.24, 2.45) is 0 Å². The summed E-state index contributed by atoms with van der Waals surface area (Å²) in [5.74, 6) is 0.393. The monoisotopic (exact) mass is 358 g/mol. The third-order valence-corrected chi connectivity index (χ3v) is 4.86. The van der Waals surface area contributed by atoms with Gasteiger partial charge in [-0.2, -0.15) is 5.10 Å². The van der Waals surface area contributed by atoms with Crippen LogP contribution in [0.4, 0.5) is 10.2 Å². The Morgan fingerprint density at radius 1 is 1.35 bits per heavy atom. The number of carbonyl (C=O) groups excluding carboxylic acids is 1. The fraction of sp³-hybridized carbons (Fsp3) is 0.500. The number of amides is 1. The maximum absolute atomic E-state index is 13.6. The van der Waals surface area contributed by atoms with Crippen molar-refractivity contribution in [1.29, 1.82) is 0 Å². The number of rotatable bonds is 3. The van der Waals surface area contributed by atoms with E-state index in [1.165, 1.54) is 6.07 Å². The van der Waals surface area contributed by atoms with Gasteiger partial charge in [0.25, 0.3) is 0 Å². The van der Waals surface area contributed by atoms with Crippen LogP contribution in [-0.2, 0) is 16.8 Å². The highest BCUT2D eigenvalue weighted by molar-refractivity contribution is 5.91. The van der Waals surface area contributed by atoms with E-state index in [1.54, 1.807) is 6.07 Å². The number of anilines is 1. The number of nitrogens with one attached hydrogen (secondary N) is 1. The third-order valence-electron chi connectivity index (χ3n) is 4.86. The predicted molar refractivity (Wildman–Crippen MR) is 101 cm³/mol. The molecule has 0 radical (unpaired) electrons. The molecule has 0 spiro atoms. The number of nitrogens with zero attached hydrogens (tertiary/aromatic N) is 3. The summed E-state index contributed by atoms with van der Waals surface area (Å²) in [6, 6.07) is 6.83. The lowest BCUT2D eigenvalue weighted by molar-refractivity contribution is -0.118. The molecule has 0 saturated carbocycles. The number of hydrogen-bond donors (Lipinski definition) is 1. The average Bonchev–Trinajstić information content (AvgIpc) is 2.91. The van der Waals surface area contributed by atoms with Gasteiger partial charge >= 0.3 is 0 Å². The maximum Gasteiger partial charge on any atom is 0.239 e. The van der Waals surface area contributed by atoms with E-state index in [2.05, 4.69) is 15.3 Å². The van der Waals surface area contributed by atoms with Crippen LogP contribution in [0.3, 0.4) is 0 Å². The highest BCUT2D eigenvalue weighted by Crippen LogP contribution is 2.30. The Balaban J connectivity index is 1.72. The Labute approximate surface area is 154 Å². The van der Waals surface area contributed by atoms with Gasteiger partial charge in [-0.25, -0.2) is 9.07 Å². The highest BCUT2D eigenvalue weighted by Gasteiger charge is 2.26. The molecule has 1 unspecified atom stereocenters. The largest absolute Gasteiger partial charge is 0.310 e. The lowest BCUT2D eigenvalue weighted by Gasteiger charge is -2.34. The summed E-state index contributed by atoms with van der Waals surface area (Å²) in [6.45, 7) is 11.1. The molecule has 1 aromatic carbocycles. The molecule has 1 atom stereocenters. The SMILES string of the molecule is Cc1cc(NC(=O)CN2CCc3ccc(F)cc3C2C)n(C(C)(C)C)n1. The van der Waals surface area contributed by atoms with Gasteiger partial charge in [-0.15, -0.1) is 0 Å². The van der Waals surface area contributed by atoms with Gasteiger partial charge in [0, 0.05) is 18.7 Å². The molecule has 1 aliphatic rings. The number of hydrogen-bond acceptors (Lipinski definition) is 3. The van der Waals surface area contributed by atoms with Crippen molar-refractivity contribution < 1.29 is 9.18 Å². The second-order valence-corrected chi connectivity index (χ2v) is 8.04. The summed E-state index contributed by atoms with van der Waals surface area (Å²) in [4.78, 5) is 14.7. The van der Waals surface area contributed by atoms with Crippen molar-refractivity contribution in [1.82, 2.24) is 14.7 Å². The lowest BCUT2D eigenvalue weighted by Crippen LogP contribution is -2.40. The average molecular weight is 358 g/mol. The summed E-state index contributed by atoms with van der Waals surface area (Å²) in [5, 5.41) is 7.47. The molecule has 0 fully saturated rings. The van der Waals surface area contributed by atoms with Crippen LogP contribution >= 0.6 is 0 Å². The standard InChI is InChI=1S/C20H27FN4O/c1-13-10-18(25(23-13)20(3,4)5)22-19(26)12-24-9-8-15-6-7-16(21)11-17(15)14(24)2/h6-7,10-11,14H,8-9,12H2,1-5H3,(H,22,26). The van der Waals surface area contributed by atoms with E-state index < -0.39 is 0 Å². The van der Waals surface area contributed by atoms with Gasteiger partial charge in [0.2, 0.25) is 5.91 Å². The molecular weight excluding hydrogens is 331 g/mol. The van der Waals surface area contributed by atoms with E-state index >= 15 is 0 Å². The first kappa shape index (κ1) is 18.6. The Bertz CT molecular complexity index is 822. The fourth-order valence-electron chi connectivity index (χ4n) is 3.52. The molecule has 1 amide bonds. The Morgan fingerprint density at radius 2 is 2.08 bits per heavy atom. The molecule has 2 heterocycles. The summed E-state index contributed by atoms with van der Waals surface area (Å²) < 4.78 is 15.4. The van der Waals surface area contributed by atoms with E-state index in [0.717, 1.165) is 29.8 Å². The zero-order valence-corrected chi connectivity index (χ0v) is 16.1. The van der Waals surface area contributed by atoms with Gasteiger partial charge in [0.05, 0.1) is 17.8 Å². The smallest absolute Gasteiger partial charge is 0.239 e. The molecule has 6 heteroatoms. The maximum atomic E-state index is 13.6. The number of fused-ring (bicyclic) bond motifs is 1. The van der Waals surface area contributed by atoms with Crippen LogP contribution in [0.25, 0.3) is 0 Å². The van der Waals surface area contributed by atoms with E-state index in [4.69, 9.17) is 0 Å². The van der Waals surface area contributed by atoms with E-state index in [-0.39, 0.29) is 29.8 Å². The molecule has 140 valence electrons. The van der Waals surface area contributed by atoms with Crippen molar-refractivity contribution in [2.45, 2.75) is 52.6 Å². The minimum Gasteiger partial charge on any atom is -0.310 e. The second kappa shape index (κ2) is 6.83. The van der Waals surface area contributed by atoms with Crippen LogP contribution in [-0.4, -0.2) is 33.7 Å². The van der Waals surface area contributed by atoms with Gasteiger partial charge in [-0.05, 0) is 64.3 Å². The molecule has 1 aromatic heterocycles. The van der Waals surface area contributed by atoms with Crippen LogP contribution in [0, 0.1) is 12.7 Å². The van der Waals surface area contributed by atoms with E-state index in [9.17, 15) is 9.18 Å². The Morgan fingerprint density at radius 3 is 2.77 bits per heavy atom. The Kier molecular flexibility index (Phi) is 4.88. The molecule has 0 aliphatic carbocycles. The summed E-state index contributed by atoms with van der Waals surface area (Å²) >= 11 is 0. The normalized spacial score (nSPS) is 17.8. The van der Waals surface area contributed by atoms with Crippen LogP contribution in [0.15, 0.2) is 24.3 Å². The molecule has 2 aromatic rings. The zero-order chi connectivity index (χ0) is 19.1. The molecule has 5 nitrogen and oxygen atoms in total. The second-order valence-electron chi connectivity index (χ2n) is 8.04. The molecular formula is C20H27FN4O. The van der Waals surface area contributed by atoms with Gasteiger partial charge in [0.15, 0.2) is 0 Å². The van der Waals surface area contributed by atoms with Crippen molar-refractivity contribution in [3.63, 3.8) is 0 Å². The number of aryl methyl sites for hydroxylation is 1. The predicted octanol–water partition coefficient (Wildman–Crippen LogP) is 3.64. The quantitative estimate of drug-likeness (QED) is 0.911. The van der Waals surface area contributed by atoms with E-state index in [1.807, 2.05) is 51.4 Å². The van der Waals surface area contributed by atoms with Crippen molar-refractivity contribution in [2.75, 3.05) is 18.4 Å². The first-order valence-corrected chi connectivity index (χ1v) is 9.04. The third kappa shape index (κ3) is 3.80. The molecule has 1 N–H and O–H groups in total. The molecule has 0 saturated heterocycles. The van der Waals surface area contributed by atoms with Gasteiger partial charge < -0.3 is 5.32 Å². The zero-order valence-electron chi connectivity index (χ0n) is 16.1. The molecule has 0 bridgehead atoms. The number of carbonyl (C=O) groups is 1. The van der Waals surface area contributed by atoms with Crippen molar-refractivity contribution in [3.05, 3.63) is 46.9 Å². The molecule has 1 aliphatic heterocycles. The lowest BCUT2D eigenvalue weighted by atomic mass is 9.93. The van der Waals surface area contributed by atoms with Crippen molar-refractivity contribution >= 4 is 11.7 Å². The van der Waals surface area contributed by atoms with Crippen LogP contribution in [0.2, 0.25) is 0 Å². The first-order valence-electron chi connectivity index (χ1n) is 9.04.